The minimum Gasteiger partial charge on any atom is -0.383 e. The van der Waals surface area contributed by atoms with Crippen molar-refractivity contribution < 1.29 is 14.3 Å². The van der Waals surface area contributed by atoms with Crippen molar-refractivity contribution in [1.82, 2.24) is 10.6 Å². The topological polar surface area (TPSA) is 79.5 Å². The van der Waals surface area contributed by atoms with Crippen molar-refractivity contribution in [2.75, 3.05) is 25.6 Å². The van der Waals surface area contributed by atoms with E-state index < -0.39 is 0 Å². The fourth-order valence-corrected chi connectivity index (χ4v) is 2.02. The van der Waals surface area contributed by atoms with E-state index in [0.29, 0.717) is 30.8 Å². The van der Waals surface area contributed by atoms with Gasteiger partial charge in [-0.05, 0) is 42.4 Å². The van der Waals surface area contributed by atoms with Crippen molar-refractivity contribution in [2.24, 2.45) is 5.92 Å². The summed E-state index contributed by atoms with van der Waals surface area (Å²) >= 11 is 5.08. The number of nitrogens with one attached hydrogen (secondary N) is 3. The van der Waals surface area contributed by atoms with Crippen LogP contribution in [0.15, 0.2) is 24.3 Å². The predicted octanol–water partition coefficient (Wildman–Crippen LogP) is 1.92. The Kier molecular flexibility index (Phi) is 8.21. The van der Waals surface area contributed by atoms with E-state index in [4.69, 9.17) is 17.0 Å². The van der Waals surface area contributed by atoms with Crippen molar-refractivity contribution in [3.63, 3.8) is 0 Å². The second kappa shape index (κ2) is 9.91. The van der Waals surface area contributed by atoms with Gasteiger partial charge in [0, 0.05) is 31.3 Å². The normalized spacial score (nSPS) is 10.3. The molecule has 0 spiro atoms. The second-order valence-electron chi connectivity index (χ2n) is 5.43. The van der Waals surface area contributed by atoms with Gasteiger partial charge < -0.3 is 20.7 Å². The van der Waals surface area contributed by atoms with Crippen molar-refractivity contribution in [2.45, 2.75) is 20.3 Å². The number of hydrogen-bond donors (Lipinski definition) is 3. The van der Waals surface area contributed by atoms with Crippen molar-refractivity contribution >= 4 is 34.8 Å². The molecule has 0 bridgehead atoms. The molecule has 7 heteroatoms. The lowest BCUT2D eigenvalue weighted by molar-refractivity contribution is -0.120. The van der Waals surface area contributed by atoms with E-state index in [2.05, 4.69) is 16.0 Å². The Morgan fingerprint density at radius 1 is 1.22 bits per heavy atom. The van der Waals surface area contributed by atoms with Crippen LogP contribution < -0.4 is 16.0 Å². The van der Waals surface area contributed by atoms with Gasteiger partial charge in [-0.1, -0.05) is 13.8 Å². The quantitative estimate of drug-likeness (QED) is 0.523. The van der Waals surface area contributed by atoms with Gasteiger partial charge >= 0.3 is 0 Å². The van der Waals surface area contributed by atoms with E-state index in [1.54, 1.807) is 31.4 Å². The minimum absolute atomic E-state index is 0.119. The van der Waals surface area contributed by atoms with Crippen LogP contribution in [0, 0.1) is 5.92 Å². The maximum Gasteiger partial charge on any atom is 0.251 e. The first kappa shape index (κ1) is 19.1. The molecule has 0 radical (unpaired) electrons. The van der Waals surface area contributed by atoms with Crippen molar-refractivity contribution in [3.8, 4) is 0 Å². The molecule has 0 heterocycles. The van der Waals surface area contributed by atoms with Crippen LogP contribution in [0.1, 0.15) is 30.6 Å². The van der Waals surface area contributed by atoms with E-state index in [9.17, 15) is 9.59 Å². The summed E-state index contributed by atoms with van der Waals surface area (Å²) in [6.45, 7) is 4.86. The predicted molar refractivity (Wildman–Crippen MR) is 94.5 cm³/mol. The smallest absolute Gasteiger partial charge is 0.251 e. The zero-order valence-electron chi connectivity index (χ0n) is 13.6. The van der Waals surface area contributed by atoms with Gasteiger partial charge in [0.25, 0.3) is 5.91 Å². The maximum absolute atomic E-state index is 11.8. The zero-order valence-corrected chi connectivity index (χ0v) is 14.5. The number of carbonyl (C=O) groups excluding carboxylic acids is 2. The van der Waals surface area contributed by atoms with Crippen LogP contribution in [0.3, 0.4) is 0 Å². The molecule has 3 N–H and O–H groups in total. The first-order valence-electron chi connectivity index (χ1n) is 7.40. The molecule has 0 saturated heterocycles. The summed E-state index contributed by atoms with van der Waals surface area (Å²) in [6, 6.07) is 6.82. The third-order valence-corrected chi connectivity index (χ3v) is 3.05. The van der Waals surface area contributed by atoms with Gasteiger partial charge in [-0.2, -0.15) is 0 Å². The summed E-state index contributed by atoms with van der Waals surface area (Å²) in [5.41, 5.74) is 1.25. The lowest BCUT2D eigenvalue weighted by Gasteiger charge is -2.11. The van der Waals surface area contributed by atoms with E-state index >= 15 is 0 Å². The van der Waals surface area contributed by atoms with Crippen LogP contribution in [0.2, 0.25) is 0 Å². The Morgan fingerprint density at radius 2 is 1.87 bits per heavy atom. The summed E-state index contributed by atoms with van der Waals surface area (Å²) in [6.07, 6.45) is 0.419. The lowest BCUT2D eigenvalue weighted by atomic mass is 10.1. The third-order valence-electron chi connectivity index (χ3n) is 2.84. The van der Waals surface area contributed by atoms with E-state index in [0.717, 1.165) is 0 Å². The molecule has 1 aromatic carbocycles. The molecule has 0 unspecified atom stereocenters. The molecule has 0 aliphatic rings. The Labute approximate surface area is 142 Å². The van der Waals surface area contributed by atoms with Crippen LogP contribution in [0.25, 0.3) is 0 Å². The number of benzene rings is 1. The van der Waals surface area contributed by atoms with Crippen LogP contribution in [-0.4, -0.2) is 37.2 Å². The first-order valence-corrected chi connectivity index (χ1v) is 7.81. The first-order chi connectivity index (χ1) is 10.9. The number of rotatable bonds is 7. The SMILES string of the molecule is COCCNC(=O)c1ccc(NC(=S)NC(=O)CC(C)C)cc1. The van der Waals surface area contributed by atoms with Crippen LogP contribution in [0.5, 0.6) is 0 Å². The number of anilines is 1. The van der Waals surface area contributed by atoms with Gasteiger partial charge in [-0.25, -0.2) is 0 Å². The number of carbonyl (C=O) groups is 2. The minimum atomic E-state index is -0.165. The van der Waals surface area contributed by atoms with Crippen molar-refractivity contribution in [3.05, 3.63) is 29.8 Å². The molecule has 23 heavy (non-hydrogen) atoms. The van der Waals surface area contributed by atoms with Crippen LogP contribution >= 0.6 is 12.2 Å². The van der Waals surface area contributed by atoms with Crippen molar-refractivity contribution in [1.29, 1.82) is 0 Å². The highest BCUT2D eigenvalue weighted by molar-refractivity contribution is 7.80. The van der Waals surface area contributed by atoms with Gasteiger partial charge in [0.05, 0.1) is 6.61 Å². The molecule has 1 rings (SSSR count). The average molecular weight is 337 g/mol. The van der Waals surface area contributed by atoms with Gasteiger partial charge in [0.15, 0.2) is 5.11 Å². The molecule has 0 fully saturated rings. The molecular weight excluding hydrogens is 314 g/mol. The highest BCUT2D eigenvalue weighted by atomic mass is 32.1. The summed E-state index contributed by atoms with van der Waals surface area (Å²) < 4.78 is 4.87. The molecule has 0 saturated carbocycles. The fraction of sp³-hybridized carbons (Fsp3) is 0.438. The van der Waals surface area contributed by atoms with Gasteiger partial charge in [0.2, 0.25) is 5.91 Å². The molecule has 0 aliphatic heterocycles. The molecule has 0 aromatic heterocycles. The molecular formula is C16H23N3O3S. The number of ether oxygens (including phenoxy) is 1. The third kappa shape index (κ3) is 7.71. The molecule has 126 valence electrons. The molecule has 0 aliphatic carbocycles. The number of methoxy groups -OCH3 is 1. The van der Waals surface area contributed by atoms with Crippen LogP contribution in [0.4, 0.5) is 5.69 Å². The van der Waals surface area contributed by atoms with Gasteiger partial charge in [-0.15, -0.1) is 0 Å². The second-order valence-corrected chi connectivity index (χ2v) is 5.83. The average Bonchev–Trinajstić information content (AvgIpc) is 2.47. The van der Waals surface area contributed by atoms with E-state index in [-0.39, 0.29) is 22.8 Å². The highest BCUT2D eigenvalue weighted by Gasteiger charge is 2.08. The van der Waals surface area contributed by atoms with Crippen LogP contribution in [-0.2, 0) is 9.53 Å². The lowest BCUT2D eigenvalue weighted by Crippen LogP contribution is -2.34. The summed E-state index contributed by atoms with van der Waals surface area (Å²) in [4.78, 5) is 23.5. The Hall–Kier alpha value is -1.99. The fourth-order valence-electron chi connectivity index (χ4n) is 1.78. The largest absolute Gasteiger partial charge is 0.383 e. The summed E-state index contributed by atoms with van der Waals surface area (Å²) in [7, 11) is 1.58. The summed E-state index contributed by atoms with van der Waals surface area (Å²) in [5, 5.41) is 8.51. The number of thiocarbonyl (C=S) groups is 1. The van der Waals surface area contributed by atoms with E-state index in [1.165, 1.54) is 0 Å². The van der Waals surface area contributed by atoms with Gasteiger partial charge in [0.1, 0.15) is 0 Å². The summed E-state index contributed by atoms with van der Waals surface area (Å²) in [5.74, 6) is -0.0123. The molecule has 6 nitrogen and oxygen atoms in total. The van der Waals surface area contributed by atoms with Gasteiger partial charge in [-0.3, -0.25) is 9.59 Å². The maximum atomic E-state index is 11.8. The number of amides is 2. The Balaban J connectivity index is 2.48. The Morgan fingerprint density at radius 3 is 2.43 bits per heavy atom. The zero-order chi connectivity index (χ0) is 17.2. The standard InChI is InChI=1S/C16H23N3O3S/c1-11(2)10-14(20)19-16(23)18-13-6-4-12(5-7-13)15(21)17-8-9-22-3/h4-7,11H,8-10H2,1-3H3,(H,17,21)(H2,18,19,20,23). The highest BCUT2D eigenvalue weighted by Crippen LogP contribution is 2.09. The monoisotopic (exact) mass is 337 g/mol. The van der Waals surface area contributed by atoms with E-state index in [1.807, 2.05) is 13.8 Å². The Bertz CT molecular complexity index is 544. The molecule has 2 amide bonds. The molecule has 1 aromatic rings. The number of hydrogen-bond acceptors (Lipinski definition) is 4. The molecule has 0 atom stereocenters.